The molecule has 0 saturated carbocycles. The SMILES string of the molecule is Cc1ccc(NC(=O)COc2ccc(Br)cc2CNc2ccc(-c3nc4ccc(C)cc4s3)cc2)cc1. The molecule has 0 aliphatic rings. The Hall–Kier alpha value is -3.68. The number of carbonyl (C=O) groups is 1. The summed E-state index contributed by atoms with van der Waals surface area (Å²) < 4.78 is 8.02. The summed E-state index contributed by atoms with van der Waals surface area (Å²) in [7, 11) is 0. The van der Waals surface area contributed by atoms with Gasteiger partial charge < -0.3 is 15.4 Å². The summed E-state index contributed by atoms with van der Waals surface area (Å²) in [6.07, 6.45) is 0. The lowest BCUT2D eigenvalue weighted by Crippen LogP contribution is -2.20. The number of anilines is 2. The van der Waals surface area contributed by atoms with E-state index in [0.717, 1.165) is 43.1 Å². The zero-order chi connectivity index (χ0) is 25.8. The van der Waals surface area contributed by atoms with Gasteiger partial charge in [-0.25, -0.2) is 4.98 Å². The topological polar surface area (TPSA) is 63.2 Å². The van der Waals surface area contributed by atoms with E-state index in [1.807, 2.05) is 49.4 Å². The lowest BCUT2D eigenvalue weighted by molar-refractivity contribution is -0.118. The average Bonchev–Trinajstić information content (AvgIpc) is 3.32. The van der Waals surface area contributed by atoms with Crippen molar-refractivity contribution in [3.8, 4) is 16.3 Å². The molecule has 1 heterocycles. The first-order valence-corrected chi connectivity index (χ1v) is 13.5. The van der Waals surface area contributed by atoms with Gasteiger partial charge in [-0.3, -0.25) is 4.79 Å². The van der Waals surface area contributed by atoms with Crippen molar-refractivity contribution in [1.29, 1.82) is 0 Å². The molecule has 7 heteroatoms. The Kier molecular flexibility index (Phi) is 7.53. The standard InChI is InChI=1S/C30H26BrN3O2S/c1-19-3-9-25(10-4-19)33-29(35)18-36-27-14-8-23(31)16-22(27)17-32-24-11-6-21(7-12-24)30-34-26-13-5-20(2)15-28(26)37-30/h3-16,32H,17-18H2,1-2H3,(H,33,35). The maximum atomic E-state index is 12.4. The fraction of sp³-hybridized carbons (Fsp3) is 0.133. The summed E-state index contributed by atoms with van der Waals surface area (Å²) in [5.41, 5.74) is 7.19. The van der Waals surface area contributed by atoms with Crippen LogP contribution in [0, 0.1) is 13.8 Å². The van der Waals surface area contributed by atoms with Crippen molar-refractivity contribution in [3.63, 3.8) is 0 Å². The molecule has 37 heavy (non-hydrogen) atoms. The highest BCUT2D eigenvalue weighted by Gasteiger charge is 2.10. The minimum Gasteiger partial charge on any atom is -0.483 e. The van der Waals surface area contributed by atoms with Gasteiger partial charge in [0.15, 0.2) is 6.61 Å². The summed E-state index contributed by atoms with van der Waals surface area (Å²) in [5.74, 6) is 0.461. The van der Waals surface area contributed by atoms with Gasteiger partial charge in [0.2, 0.25) is 0 Å². The maximum Gasteiger partial charge on any atom is 0.262 e. The normalized spacial score (nSPS) is 10.9. The van der Waals surface area contributed by atoms with E-state index in [1.54, 1.807) is 11.3 Å². The van der Waals surface area contributed by atoms with Crippen molar-refractivity contribution in [3.05, 3.63) is 106 Å². The minimum atomic E-state index is -0.203. The molecule has 0 aliphatic heterocycles. The summed E-state index contributed by atoms with van der Waals surface area (Å²) in [6, 6.07) is 28.1. The molecule has 4 aromatic carbocycles. The summed E-state index contributed by atoms with van der Waals surface area (Å²) in [4.78, 5) is 17.2. The molecule has 0 aliphatic carbocycles. The molecule has 0 radical (unpaired) electrons. The van der Waals surface area contributed by atoms with Gasteiger partial charge in [0, 0.05) is 33.5 Å². The smallest absolute Gasteiger partial charge is 0.262 e. The van der Waals surface area contributed by atoms with E-state index in [2.05, 4.69) is 76.0 Å². The van der Waals surface area contributed by atoms with Crippen LogP contribution in [-0.2, 0) is 11.3 Å². The Morgan fingerprint density at radius 3 is 2.41 bits per heavy atom. The highest BCUT2D eigenvalue weighted by molar-refractivity contribution is 9.10. The fourth-order valence-corrected chi connectivity index (χ4v) is 5.37. The minimum absolute atomic E-state index is 0.0705. The molecule has 0 atom stereocenters. The van der Waals surface area contributed by atoms with E-state index in [4.69, 9.17) is 9.72 Å². The quantitative estimate of drug-likeness (QED) is 0.198. The number of hydrogen-bond donors (Lipinski definition) is 2. The van der Waals surface area contributed by atoms with Gasteiger partial charge in [0.05, 0.1) is 10.2 Å². The lowest BCUT2D eigenvalue weighted by atomic mass is 10.1. The number of nitrogens with zero attached hydrogens (tertiary/aromatic N) is 1. The molecule has 1 aromatic heterocycles. The molecule has 2 N–H and O–H groups in total. The first-order valence-electron chi connectivity index (χ1n) is 11.9. The molecule has 1 amide bonds. The van der Waals surface area contributed by atoms with E-state index in [-0.39, 0.29) is 12.5 Å². The number of nitrogens with one attached hydrogen (secondary N) is 2. The van der Waals surface area contributed by atoms with Crippen LogP contribution in [0.5, 0.6) is 5.75 Å². The number of fused-ring (bicyclic) bond motifs is 1. The fourth-order valence-electron chi connectivity index (χ4n) is 3.89. The predicted molar refractivity (Wildman–Crippen MR) is 157 cm³/mol. The largest absolute Gasteiger partial charge is 0.483 e. The van der Waals surface area contributed by atoms with Crippen LogP contribution in [-0.4, -0.2) is 17.5 Å². The van der Waals surface area contributed by atoms with Crippen molar-refractivity contribution in [1.82, 2.24) is 4.98 Å². The Balaban J connectivity index is 1.21. The number of aryl methyl sites for hydroxylation is 2. The molecule has 0 bridgehead atoms. The molecular weight excluding hydrogens is 546 g/mol. The van der Waals surface area contributed by atoms with Gasteiger partial charge in [-0.15, -0.1) is 11.3 Å². The first kappa shape index (κ1) is 25.0. The van der Waals surface area contributed by atoms with E-state index >= 15 is 0 Å². The number of hydrogen-bond acceptors (Lipinski definition) is 5. The zero-order valence-electron chi connectivity index (χ0n) is 20.5. The van der Waals surface area contributed by atoms with Gasteiger partial charge >= 0.3 is 0 Å². The van der Waals surface area contributed by atoms with Crippen molar-refractivity contribution in [2.45, 2.75) is 20.4 Å². The number of halogens is 1. The molecule has 0 unspecified atom stereocenters. The van der Waals surface area contributed by atoms with Gasteiger partial charge in [-0.1, -0.05) is 39.7 Å². The summed E-state index contributed by atoms with van der Waals surface area (Å²) >= 11 is 5.25. The highest BCUT2D eigenvalue weighted by atomic mass is 79.9. The van der Waals surface area contributed by atoms with Crippen LogP contribution < -0.4 is 15.4 Å². The molecule has 5 aromatic rings. The third-order valence-electron chi connectivity index (χ3n) is 5.88. The zero-order valence-corrected chi connectivity index (χ0v) is 22.9. The van der Waals surface area contributed by atoms with Crippen LogP contribution in [0.1, 0.15) is 16.7 Å². The number of ether oxygens (including phenoxy) is 1. The number of amides is 1. The molecule has 0 saturated heterocycles. The van der Waals surface area contributed by atoms with Crippen molar-refractivity contribution >= 4 is 54.8 Å². The number of carbonyl (C=O) groups excluding carboxylic acids is 1. The second kappa shape index (κ2) is 11.2. The van der Waals surface area contributed by atoms with E-state index in [0.29, 0.717) is 12.3 Å². The molecule has 186 valence electrons. The predicted octanol–water partition coefficient (Wildman–Crippen LogP) is 7.97. The number of aromatic nitrogens is 1. The second-order valence-corrected chi connectivity index (χ2v) is 10.8. The van der Waals surface area contributed by atoms with Crippen LogP contribution >= 0.6 is 27.3 Å². The third-order valence-corrected chi connectivity index (χ3v) is 7.44. The molecular formula is C30H26BrN3O2S. The number of thiazole rings is 1. The van der Waals surface area contributed by atoms with E-state index < -0.39 is 0 Å². The molecule has 0 fully saturated rings. The first-order chi connectivity index (χ1) is 17.9. The van der Waals surface area contributed by atoms with E-state index in [9.17, 15) is 4.79 Å². The second-order valence-electron chi connectivity index (χ2n) is 8.88. The number of benzene rings is 4. The number of rotatable bonds is 8. The average molecular weight is 573 g/mol. The maximum absolute atomic E-state index is 12.4. The van der Waals surface area contributed by atoms with Gasteiger partial charge in [-0.05, 0) is 86.1 Å². The van der Waals surface area contributed by atoms with Crippen LogP contribution in [0.3, 0.4) is 0 Å². The van der Waals surface area contributed by atoms with Crippen LogP contribution in [0.4, 0.5) is 11.4 Å². The highest BCUT2D eigenvalue weighted by Crippen LogP contribution is 2.31. The molecule has 0 spiro atoms. The van der Waals surface area contributed by atoms with Crippen molar-refractivity contribution < 1.29 is 9.53 Å². The third kappa shape index (κ3) is 6.37. The van der Waals surface area contributed by atoms with E-state index in [1.165, 1.54) is 10.3 Å². The molecule has 5 nitrogen and oxygen atoms in total. The van der Waals surface area contributed by atoms with Gasteiger partial charge in [-0.2, -0.15) is 0 Å². The molecule has 5 rings (SSSR count). The van der Waals surface area contributed by atoms with Gasteiger partial charge in [0.25, 0.3) is 5.91 Å². The Morgan fingerprint density at radius 1 is 0.892 bits per heavy atom. The van der Waals surface area contributed by atoms with Crippen LogP contribution in [0.2, 0.25) is 0 Å². The van der Waals surface area contributed by atoms with Crippen LogP contribution in [0.15, 0.2) is 89.4 Å². The summed E-state index contributed by atoms with van der Waals surface area (Å²) in [5, 5.41) is 7.33. The van der Waals surface area contributed by atoms with Crippen molar-refractivity contribution in [2.75, 3.05) is 17.2 Å². The monoisotopic (exact) mass is 571 g/mol. The van der Waals surface area contributed by atoms with Crippen molar-refractivity contribution in [2.24, 2.45) is 0 Å². The van der Waals surface area contributed by atoms with Crippen LogP contribution in [0.25, 0.3) is 20.8 Å². The Bertz CT molecular complexity index is 1550. The lowest BCUT2D eigenvalue weighted by Gasteiger charge is -2.14. The Morgan fingerprint density at radius 2 is 1.62 bits per heavy atom. The Labute approximate surface area is 228 Å². The van der Waals surface area contributed by atoms with Gasteiger partial charge in [0.1, 0.15) is 10.8 Å². The summed E-state index contributed by atoms with van der Waals surface area (Å²) in [6.45, 7) is 4.59.